The average molecular weight is 372 g/mol. The summed E-state index contributed by atoms with van der Waals surface area (Å²) >= 11 is 0. The van der Waals surface area contributed by atoms with Gasteiger partial charge in [-0.2, -0.15) is 5.10 Å². The van der Waals surface area contributed by atoms with Gasteiger partial charge in [0.2, 0.25) is 5.91 Å². The molecule has 2 aromatic rings. The fraction of sp³-hybridized carbons (Fsp3) is 0.500. The minimum absolute atomic E-state index is 0.0147. The minimum atomic E-state index is -0.134. The summed E-state index contributed by atoms with van der Waals surface area (Å²) in [5.74, 6) is 0.762. The van der Waals surface area contributed by atoms with Crippen molar-refractivity contribution >= 4 is 5.91 Å². The van der Waals surface area contributed by atoms with Crippen LogP contribution in [0.4, 0.5) is 0 Å². The number of nitrogens with zero attached hydrogens (tertiary/aromatic N) is 2. The molecule has 3 rings (SSSR count). The predicted octanol–water partition coefficient (Wildman–Crippen LogP) is 2.29. The number of para-hydroxylation sites is 1. The van der Waals surface area contributed by atoms with E-state index in [0.29, 0.717) is 26.3 Å². The number of hydrogen-bond acceptors (Lipinski definition) is 5. The minimum Gasteiger partial charge on any atom is -0.496 e. The molecule has 1 aliphatic heterocycles. The number of methoxy groups -OCH3 is 1. The van der Waals surface area contributed by atoms with E-state index in [2.05, 4.69) is 20.4 Å². The number of aromatic nitrogens is 2. The fourth-order valence-corrected chi connectivity index (χ4v) is 3.72. The van der Waals surface area contributed by atoms with Crippen LogP contribution in [-0.2, 0) is 9.53 Å². The Labute approximate surface area is 160 Å². The maximum absolute atomic E-state index is 12.7. The smallest absolute Gasteiger partial charge is 0.234 e. The number of carbonyl (C=O) groups is 1. The highest BCUT2D eigenvalue weighted by Gasteiger charge is 2.30. The quantitative estimate of drug-likeness (QED) is 0.813. The summed E-state index contributed by atoms with van der Waals surface area (Å²) in [7, 11) is 1.64. The van der Waals surface area contributed by atoms with Crippen LogP contribution in [0.15, 0.2) is 24.3 Å². The maximum Gasteiger partial charge on any atom is 0.234 e. The second-order valence-corrected chi connectivity index (χ2v) is 6.94. The van der Waals surface area contributed by atoms with Crippen molar-refractivity contribution in [2.75, 3.05) is 33.4 Å². The van der Waals surface area contributed by atoms with Gasteiger partial charge >= 0.3 is 0 Å². The Morgan fingerprint density at radius 2 is 2.22 bits per heavy atom. The Kier molecular flexibility index (Phi) is 6.13. The van der Waals surface area contributed by atoms with E-state index in [1.54, 1.807) is 7.11 Å². The lowest BCUT2D eigenvalue weighted by atomic mass is 10.0. The monoisotopic (exact) mass is 372 g/mol. The van der Waals surface area contributed by atoms with Crippen LogP contribution in [0.3, 0.4) is 0 Å². The summed E-state index contributed by atoms with van der Waals surface area (Å²) in [6.45, 7) is 8.18. The molecule has 2 N–H and O–H groups in total. The van der Waals surface area contributed by atoms with Gasteiger partial charge in [0.15, 0.2) is 0 Å². The molecule has 7 nitrogen and oxygen atoms in total. The topological polar surface area (TPSA) is 79.5 Å². The molecule has 1 fully saturated rings. The first-order valence-electron chi connectivity index (χ1n) is 9.26. The normalized spacial score (nSPS) is 18.9. The number of morpholine rings is 1. The third kappa shape index (κ3) is 4.31. The summed E-state index contributed by atoms with van der Waals surface area (Å²) < 4.78 is 11.1. The molecule has 0 saturated carbocycles. The molecule has 7 heteroatoms. The number of rotatable bonds is 6. The van der Waals surface area contributed by atoms with Crippen LogP contribution < -0.4 is 10.1 Å². The number of amides is 1. The Bertz CT molecular complexity index is 770. The van der Waals surface area contributed by atoms with Crippen molar-refractivity contribution in [2.24, 2.45) is 0 Å². The lowest BCUT2D eigenvalue weighted by Crippen LogP contribution is -2.45. The molecule has 1 aliphatic rings. The number of hydrogen-bond donors (Lipinski definition) is 2. The molecule has 1 aromatic heterocycles. The lowest BCUT2D eigenvalue weighted by Gasteiger charge is -2.35. The first-order valence-corrected chi connectivity index (χ1v) is 9.26. The molecule has 2 unspecified atom stereocenters. The summed E-state index contributed by atoms with van der Waals surface area (Å²) in [6, 6.07) is 7.64. The number of aromatic amines is 1. The first-order chi connectivity index (χ1) is 13.0. The highest BCUT2D eigenvalue weighted by molar-refractivity contribution is 5.78. The molecule has 1 aromatic carbocycles. The van der Waals surface area contributed by atoms with Crippen molar-refractivity contribution in [3.8, 4) is 5.75 Å². The number of nitrogens with one attached hydrogen (secondary N) is 2. The predicted molar refractivity (Wildman–Crippen MR) is 103 cm³/mol. The zero-order chi connectivity index (χ0) is 19.4. The highest BCUT2D eigenvalue weighted by atomic mass is 16.5. The zero-order valence-electron chi connectivity index (χ0n) is 16.4. The van der Waals surface area contributed by atoms with Gasteiger partial charge in [-0.3, -0.25) is 14.8 Å². The third-order valence-corrected chi connectivity index (χ3v) is 5.09. The van der Waals surface area contributed by atoms with Crippen molar-refractivity contribution in [1.82, 2.24) is 20.4 Å². The van der Waals surface area contributed by atoms with Crippen molar-refractivity contribution in [3.05, 3.63) is 46.8 Å². The van der Waals surface area contributed by atoms with Crippen LogP contribution in [0.5, 0.6) is 5.75 Å². The van der Waals surface area contributed by atoms with E-state index >= 15 is 0 Å². The first kappa shape index (κ1) is 19.4. The van der Waals surface area contributed by atoms with Crippen LogP contribution in [0.1, 0.15) is 41.5 Å². The molecule has 2 atom stereocenters. The number of aryl methyl sites for hydroxylation is 2. The van der Waals surface area contributed by atoms with Gasteiger partial charge in [-0.15, -0.1) is 0 Å². The van der Waals surface area contributed by atoms with E-state index in [1.165, 1.54) is 0 Å². The molecule has 0 radical (unpaired) electrons. The largest absolute Gasteiger partial charge is 0.496 e. The molecule has 0 bridgehead atoms. The van der Waals surface area contributed by atoms with E-state index in [0.717, 1.165) is 28.3 Å². The third-order valence-electron chi connectivity index (χ3n) is 5.09. The summed E-state index contributed by atoms with van der Waals surface area (Å²) in [6.07, 6.45) is 0. The number of carbonyl (C=O) groups excluding carboxylic acids is 1. The lowest BCUT2D eigenvalue weighted by molar-refractivity contribution is -0.125. The van der Waals surface area contributed by atoms with Crippen molar-refractivity contribution in [3.63, 3.8) is 0 Å². The second-order valence-electron chi connectivity index (χ2n) is 6.94. The van der Waals surface area contributed by atoms with E-state index in [9.17, 15) is 4.79 Å². The van der Waals surface area contributed by atoms with E-state index in [1.807, 2.05) is 45.0 Å². The van der Waals surface area contributed by atoms with Crippen LogP contribution >= 0.6 is 0 Å². The van der Waals surface area contributed by atoms with E-state index in [4.69, 9.17) is 9.47 Å². The SMILES string of the molecule is COc1ccccc1C(C)NC(=O)CN1CCOCC1c1c(C)n[nH]c1C. The van der Waals surface area contributed by atoms with Crippen molar-refractivity contribution < 1.29 is 14.3 Å². The highest BCUT2D eigenvalue weighted by Crippen LogP contribution is 2.28. The van der Waals surface area contributed by atoms with Crippen LogP contribution in [0, 0.1) is 13.8 Å². The van der Waals surface area contributed by atoms with Gasteiger partial charge in [-0.1, -0.05) is 18.2 Å². The van der Waals surface area contributed by atoms with Crippen LogP contribution in [-0.4, -0.2) is 54.4 Å². The molecule has 0 aliphatic carbocycles. The summed E-state index contributed by atoms with van der Waals surface area (Å²) in [4.78, 5) is 14.9. The van der Waals surface area contributed by atoms with Gasteiger partial charge in [0, 0.05) is 23.4 Å². The Hall–Kier alpha value is -2.38. The standard InChI is InChI=1S/C20H28N4O3/c1-13(16-7-5-6-8-18(16)26-4)21-19(25)11-24-9-10-27-12-17(24)20-14(2)22-23-15(20)3/h5-8,13,17H,9-12H2,1-4H3,(H,21,25)(H,22,23). The van der Waals surface area contributed by atoms with Gasteiger partial charge in [-0.25, -0.2) is 0 Å². The molecular formula is C20H28N4O3. The van der Waals surface area contributed by atoms with Crippen molar-refractivity contribution in [1.29, 1.82) is 0 Å². The van der Waals surface area contributed by atoms with Crippen LogP contribution in [0.2, 0.25) is 0 Å². The molecule has 27 heavy (non-hydrogen) atoms. The number of benzene rings is 1. The van der Waals surface area contributed by atoms with Gasteiger partial charge < -0.3 is 14.8 Å². The van der Waals surface area contributed by atoms with Crippen molar-refractivity contribution in [2.45, 2.75) is 32.9 Å². The Balaban J connectivity index is 1.68. The van der Waals surface area contributed by atoms with Gasteiger partial charge in [0.1, 0.15) is 5.75 Å². The van der Waals surface area contributed by atoms with E-state index < -0.39 is 0 Å². The fourth-order valence-electron chi connectivity index (χ4n) is 3.72. The van der Waals surface area contributed by atoms with E-state index in [-0.39, 0.29) is 18.0 Å². The maximum atomic E-state index is 12.7. The van der Waals surface area contributed by atoms with Crippen LogP contribution in [0.25, 0.3) is 0 Å². The molecule has 146 valence electrons. The second kappa shape index (κ2) is 8.54. The van der Waals surface area contributed by atoms with Gasteiger partial charge in [0.05, 0.1) is 44.6 Å². The average Bonchev–Trinajstić information content (AvgIpc) is 3.00. The Morgan fingerprint density at radius 3 is 2.93 bits per heavy atom. The molecule has 2 heterocycles. The molecular weight excluding hydrogens is 344 g/mol. The summed E-state index contributed by atoms with van der Waals surface area (Å²) in [5.41, 5.74) is 4.07. The van der Waals surface area contributed by atoms with Gasteiger partial charge in [0.25, 0.3) is 0 Å². The number of H-pyrrole nitrogens is 1. The molecule has 1 amide bonds. The zero-order valence-corrected chi connectivity index (χ0v) is 16.4. The summed E-state index contributed by atoms with van der Waals surface area (Å²) in [5, 5.41) is 10.4. The Morgan fingerprint density at radius 1 is 1.44 bits per heavy atom. The number of ether oxygens (including phenoxy) is 2. The molecule has 0 spiro atoms. The molecule has 1 saturated heterocycles. The van der Waals surface area contributed by atoms with Gasteiger partial charge in [-0.05, 0) is 26.8 Å².